The first-order chi connectivity index (χ1) is 21.1. The Morgan fingerprint density at radius 3 is 2.55 bits per heavy atom. The molecule has 1 aliphatic carbocycles. The zero-order chi connectivity index (χ0) is 31.4. The summed E-state index contributed by atoms with van der Waals surface area (Å²) >= 11 is 1.20. The smallest absolute Gasteiger partial charge is 0.349 e. The van der Waals surface area contributed by atoms with Crippen molar-refractivity contribution in [2.24, 2.45) is 5.73 Å². The van der Waals surface area contributed by atoms with Crippen LogP contribution in [0.3, 0.4) is 0 Å². The summed E-state index contributed by atoms with van der Waals surface area (Å²) < 4.78 is 38.2. The number of carbonyl (C=O) groups is 2. The second-order valence-electron chi connectivity index (χ2n) is 10.9. The molecule has 1 saturated carbocycles. The van der Waals surface area contributed by atoms with Gasteiger partial charge in [-0.1, -0.05) is 0 Å². The number of anilines is 1. The summed E-state index contributed by atoms with van der Waals surface area (Å²) in [5.74, 6) is -2.27. The van der Waals surface area contributed by atoms with Gasteiger partial charge >= 0.3 is 6.03 Å². The second-order valence-corrected chi connectivity index (χ2v) is 11.7. The van der Waals surface area contributed by atoms with E-state index in [1.165, 1.54) is 34.0 Å². The van der Waals surface area contributed by atoms with Gasteiger partial charge in [0.2, 0.25) is 5.95 Å². The van der Waals surface area contributed by atoms with Gasteiger partial charge < -0.3 is 15.4 Å². The van der Waals surface area contributed by atoms with Gasteiger partial charge in [-0.15, -0.1) is 11.3 Å². The SMILES string of the molecule is CCOC1CCC(n2cc(N(CCCN(C)C)C(=O)n3cc(-c4nc(C(N)=O)cs4)cn3)c(-c3nc(F)ccc3F)n2)CC1. The minimum absolute atomic E-state index is 0.0183. The molecule has 2 N–H and O–H groups in total. The number of primary amides is 1. The predicted molar refractivity (Wildman–Crippen MR) is 161 cm³/mol. The van der Waals surface area contributed by atoms with Crippen LogP contribution in [0.1, 0.15) is 55.6 Å². The van der Waals surface area contributed by atoms with E-state index in [4.69, 9.17) is 15.6 Å². The number of hydrogen-bond acceptors (Lipinski definition) is 9. The maximum atomic E-state index is 15.2. The molecule has 5 rings (SSSR count). The van der Waals surface area contributed by atoms with Crippen LogP contribution in [0.5, 0.6) is 0 Å². The summed E-state index contributed by atoms with van der Waals surface area (Å²) in [6.45, 7) is 3.52. The van der Waals surface area contributed by atoms with Crippen LogP contribution in [0, 0.1) is 11.8 Å². The van der Waals surface area contributed by atoms with Gasteiger partial charge in [0, 0.05) is 36.5 Å². The first-order valence-corrected chi connectivity index (χ1v) is 15.3. The van der Waals surface area contributed by atoms with E-state index in [2.05, 4.69) is 15.1 Å². The minimum Gasteiger partial charge on any atom is -0.379 e. The Morgan fingerprint density at radius 1 is 1.09 bits per heavy atom. The van der Waals surface area contributed by atoms with Crippen molar-refractivity contribution < 1.29 is 23.1 Å². The van der Waals surface area contributed by atoms with E-state index in [9.17, 15) is 14.0 Å². The van der Waals surface area contributed by atoms with E-state index in [0.717, 1.165) is 42.5 Å². The first-order valence-electron chi connectivity index (χ1n) is 14.4. The third-order valence-corrected chi connectivity index (χ3v) is 8.35. The molecule has 44 heavy (non-hydrogen) atoms. The fourth-order valence-electron chi connectivity index (χ4n) is 5.28. The van der Waals surface area contributed by atoms with Crippen molar-refractivity contribution >= 4 is 29.0 Å². The minimum atomic E-state index is -0.861. The zero-order valence-corrected chi connectivity index (χ0v) is 25.6. The number of hydrogen-bond donors (Lipinski definition) is 1. The lowest BCUT2D eigenvalue weighted by Gasteiger charge is -2.28. The molecule has 0 spiro atoms. The topological polar surface area (TPSA) is 137 Å². The Labute approximate surface area is 257 Å². The van der Waals surface area contributed by atoms with E-state index < -0.39 is 23.7 Å². The molecule has 12 nitrogen and oxygen atoms in total. The van der Waals surface area contributed by atoms with Gasteiger partial charge in [-0.05, 0) is 71.8 Å². The molecule has 0 aromatic carbocycles. The number of aromatic nitrogens is 6. The molecule has 0 aliphatic heterocycles. The molecule has 2 amide bonds. The van der Waals surface area contributed by atoms with Gasteiger partial charge in [0.15, 0.2) is 5.82 Å². The number of carbonyl (C=O) groups excluding carboxylic acids is 2. The molecule has 234 valence electrons. The molecule has 4 heterocycles. The highest BCUT2D eigenvalue weighted by atomic mass is 32.1. The molecular formula is C29H35F2N9O3S. The standard InChI is InChI=1S/C29H35F2N9O3S/c1-4-43-20-8-6-19(7-9-20)39-16-23(26(36-39)25-21(30)10-11-24(31)35-25)38(13-5-12-37(2)3)29(42)40-15-18(14-33-40)28-34-22(17-44-28)27(32)41/h10-11,14-17,19-20H,4-9,12-13H2,1-3H3,(H2,32,41). The van der Waals surface area contributed by atoms with Gasteiger partial charge in [-0.3, -0.25) is 14.4 Å². The third kappa shape index (κ3) is 7.00. The largest absolute Gasteiger partial charge is 0.379 e. The van der Waals surface area contributed by atoms with E-state index in [1.54, 1.807) is 10.9 Å². The van der Waals surface area contributed by atoms with E-state index in [-0.39, 0.29) is 35.8 Å². The Morgan fingerprint density at radius 2 is 1.86 bits per heavy atom. The zero-order valence-electron chi connectivity index (χ0n) is 24.8. The number of rotatable bonds is 11. The van der Waals surface area contributed by atoms with Gasteiger partial charge in [-0.25, -0.2) is 19.2 Å². The molecule has 4 aromatic heterocycles. The number of nitrogens with zero attached hydrogens (tertiary/aromatic N) is 8. The maximum Gasteiger partial charge on any atom is 0.349 e. The highest BCUT2D eigenvalue weighted by molar-refractivity contribution is 7.13. The van der Waals surface area contributed by atoms with Crippen molar-refractivity contribution in [3.05, 3.63) is 53.6 Å². The van der Waals surface area contributed by atoms with Crippen LogP contribution in [0.2, 0.25) is 0 Å². The average molecular weight is 628 g/mol. The molecular weight excluding hydrogens is 592 g/mol. The highest BCUT2D eigenvalue weighted by Crippen LogP contribution is 2.36. The van der Waals surface area contributed by atoms with E-state index in [0.29, 0.717) is 35.8 Å². The van der Waals surface area contributed by atoms with Crippen molar-refractivity contribution in [2.45, 2.75) is 51.2 Å². The summed E-state index contributed by atoms with van der Waals surface area (Å²) in [7, 11) is 3.85. The summed E-state index contributed by atoms with van der Waals surface area (Å²) in [4.78, 5) is 37.1. The number of amides is 2. The molecule has 1 fully saturated rings. The van der Waals surface area contributed by atoms with Gasteiger partial charge in [0.1, 0.15) is 22.1 Å². The number of thiazole rings is 1. The molecule has 0 saturated heterocycles. The molecule has 0 bridgehead atoms. The Kier molecular flexibility index (Phi) is 9.76. The summed E-state index contributed by atoms with van der Waals surface area (Å²) in [5.41, 5.74) is 6.04. The van der Waals surface area contributed by atoms with Crippen LogP contribution in [-0.4, -0.2) is 86.3 Å². The van der Waals surface area contributed by atoms with Crippen LogP contribution in [0.25, 0.3) is 22.0 Å². The number of pyridine rings is 1. The molecule has 0 atom stereocenters. The molecule has 0 radical (unpaired) electrons. The fraction of sp³-hybridized carbons (Fsp3) is 0.448. The molecule has 15 heteroatoms. The van der Waals surface area contributed by atoms with Crippen LogP contribution >= 0.6 is 11.3 Å². The lowest BCUT2D eigenvalue weighted by molar-refractivity contribution is 0.0260. The predicted octanol–water partition coefficient (Wildman–Crippen LogP) is 4.59. The van der Waals surface area contributed by atoms with Crippen molar-refractivity contribution in [3.8, 4) is 22.0 Å². The summed E-state index contributed by atoms with van der Waals surface area (Å²) in [5, 5.41) is 11.0. The molecule has 4 aromatic rings. The van der Waals surface area contributed by atoms with E-state index in [1.807, 2.05) is 25.9 Å². The normalized spacial score (nSPS) is 16.9. The van der Waals surface area contributed by atoms with Gasteiger partial charge in [0.05, 0.1) is 24.0 Å². The van der Waals surface area contributed by atoms with Crippen molar-refractivity contribution in [3.63, 3.8) is 0 Å². The average Bonchev–Trinajstić information content (AvgIpc) is 3.77. The number of nitrogens with two attached hydrogens (primary N) is 1. The van der Waals surface area contributed by atoms with Crippen LogP contribution in [0.15, 0.2) is 36.1 Å². The lowest BCUT2D eigenvalue weighted by Crippen LogP contribution is -2.37. The Balaban J connectivity index is 1.54. The van der Waals surface area contributed by atoms with Gasteiger partial charge in [-0.2, -0.15) is 19.3 Å². The van der Waals surface area contributed by atoms with Crippen molar-refractivity contribution in [2.75, 3.05) is 38.7 Å². The third-order valence-electron chi connectivity index (χ3n) is 7.46. The van der Waals surface area contributed by atoms with Gasteiger partial charge in [0.25, 0.3) is 5.91 Å². The Hall–Kier alpha value is -4.08. The van der Waals surface area contributed by atoms with Crippen LogP contribution in [0.4, 0.5) is 19.3 Å². The molecule has 0 unspecified atom stereocenters. The van der Waals surface area contributed by atoms with E-state index >= 15 is 4.39 Å². The summed E-state index contributed by atoms with van der Waals surface area (Å²) in [6.07, 6.45) is 8.67. The Bertz CT molecular complexity index is 1610. The van der Waals surface area contributed by atoms with Crippen LogP contribution in [-0.2, 0) is 4.74 Å². The molecule has 1 aliphatic rings. The van der Waals surface area contributed by atoms with Crippen LogP contribution < -0.4 is 10.6 Å². The quantitative estimate of drug-likeness (QED) is 0.239. The van der Waals surface area contributed by atoms with Crippen molar-refractivity contribution in [1.82, 2.24) is 34.4 Å². The number of ether oxygens (including phenoxy) is 1. The number of halogens is 2. The first kappa shape index (κ1) is 31.3. The fourth-order valence-corrected chi connectivity index (χ4v) is 6.06. The highest BCUT2D eigenvalue weighted by Gasteiger charge is 2.30. The van der Waals surface area contributed by atoms with Crippen molar-refractivity contribution in [1.29, 1.82) is 0 Å². The maximum absolute atomic E-state index is 15.2. The second kappa shape index (κ2) is 13.7. The summed E-state index contributed by atoms with van der Waals surface area (Å²) in [6, 6.07) is 1.40. The monoisotopic (exact) mass is 627 g/mol. The lowest BCUT2D eigenvalue weighted by atomic mass is 9.93.